The molecule has 2 rings (SSSR count). The number of hydrogen-bond donors (Lipinski definition) is 2. The maximum absolute atomic E-state index is 8.76. The lowest BCUT2D eigenvalue weighted by atomic mass is 10.4. The molecule has 0 bridgehead atoms. The fraction of sp³-hybridized carbons (Fsp3) is 0.250. The van der Waals surface area contributed by atoms with Gasteiger partial charge < -0.3 is 15.3 Å². The SMILES string of the molecule is CN(c1ccccn1)c1cc(NCCO)ncn1. The number of aliphatic hydroxyl groups is 1. The lowest BCUT2D eigenvalue weighted by Gasteiger charge is -2.17. The summed E-state index contributed by atoms with van der Waals surface area (Å²) in [7, 11) is 1.89. The average molecular weight is 245 g/mol. The van der Waals surface area contributed by atoms with E-state index in [0.29, 0.717) is 12.4 Å². The van der Waals surface area contributed by atoms with Gasteiger partial charge in [0.1, 0.15) is 23.8 Å². The van der Waals surface area contributed by atoms with Gasteiger partial charge in [0, 0.05) is 25.9 Å². The van der Waals surface area contributed by atoms with Crippen LogP contribution in [0.3, 0.4) is 0 Å². The van der Waals surface area contributed by atoms with Gasteiger partial charge in [0.25, 0.3) is 0 Å². The highest BCUT2D eigenvalue weighted by atomic mass is 16.3. The normalized spacial score (nSPS) is 10.1. The van der Waals surface area contributed by atoms with Crippen LogP contribution in [0.15, 0.2) is 36.8 Å². The van der Waals surface area contributed by atoms with Crippen molar-refractivity contribution < 1.29 is 5.11 Å². The number of anilines is 3. The first-order chi connectivity index (χ1) is 8.81. The molecule has 6 nitrogen and oxygen atoms in total. The fourth-order valence-corrected chi connectivity index (χ4v) is 1.48. The molecule has 0 spiro atoms. The lowest BCUT2D eigenvalue weighted by molar-refractivity contribution is 0.311. The Balaban J connectivity index is 2.17. The minimum Gasteiger partial charge on any atom is -0.395 e. The lowest BCUT2D eigenvalue weighted by Crippen LogP contribution is -2.14. The summed E-state index contributed by atoms with van der Waals surface area (Å²) in [4.78, 5) is 14.4. The summed E-state index contributed by atoms with van der Waals surface area (Å²) in [6.45, 7) is 0.527. The zero-order chi connectivity index (χ0) is 12.8. The smallest absolute Gasteiger partial charge is 0.139 e. The van der Waals surface area contributed by atoms with Crippen molar-refractivity contribution in [2.24, 2.45) is 0 Å². The molecule has 18 heavy (non-hydrogen) atoms. The highest BCUT2D eigenvalue weighted by molar-refractivity contribution is 5.57. The van der Waals surface area contributed by atoms with Crippen molar-refractivity contribution in [3.8, 4) is 0 Å². The van der Waals surface area contributed by atoms with Crippen LogP contribution in [-0.4, -0.2) is 40.3 Å². The van der Waals surface area contributed by atoms with Crippen molar-refractivity contribution in [3.63, 3.8) is 0 Å². The maximum atomic E-state index is 8.76. The Kier molecular flexibility index (Phi) is 4.03. The van der Waals surface area contributed by atoms with Crippen LogP contribution in [0.25, 0.3) is 0 Å². The molecule has 6 heteroatoms. The molecule has 0 fully saturated rings. The number of rotatable bonds is 5. The monoisotopic (exact) mass is 245 g/mol. The molecule has 2 N–H and O–H groups in total. The molecule has 0 aliphatic rings. The van der Waals surface area contributed by atoms with E-state index < -0.39 is 0 Å². The van der Waals surface area contributed by atoms with Gasteiger partial charge in [-0.1, -0.05) is 6.07 Å². The molecule has 0 atom stereocenters. The van der Waals surface area contributed by atoms with Crippen LogP contribution >= 0.6 is 0 Å². The van der Waals surface area contributed by atoms with E-state index in [9.17, 15) is 0 Å². The van der Waals surface area contributed by atoms with Crippen LogP contribution in [-0.2, 0) is 0 Å². The summed E-state index contributed by atoms with van der Waals surface area (Å²) in [5, 5.41) is 11.8. The van der Waals surface area contributed by atoms with Crippen LogP contribution in [0.5, 0.6) is 0 Å². The van der Waals surface area contributed by atoms with Gasteiger partial charge in [0.05, 0.1) is 6.61 Å². The number of aliphatic hydroxyl groups excluding tert-OH is 1. The number of aromatic nitrogens is 3. The van der Waals surface area contributed by atoms with Gasteiger partial charge in [-0.2, -0.15) is 0 Å². The summed E-state index contributed by atoms with van der Waals surface area (Å²) < 4.78 is 0. The summed E-state index contributed by atoms with van der Waals surface area (Å²) in [5.41, 5.74) is 0. The second kappa shape index (κ2) is 5.92. The first-order valence-corrected chi connectivity index (χ1v) is 5.63. The molecule has 0 aliphatic heterocycles. The Morgan fingerprint density at radius 2 is 2.11 bits per heavy atom. The first-order valence-electron chi connectivity index (χ1n) is 5.63. The summed E-state index contributed by atoms with van der Waals surface area (Å²) in [5.74, 6) is 2.23. The number of nitrogens with zero attached hydrogens (tertiary/aromatic N) is 4. The molecule has 0 unspecified atom stereocenters. The maximum Gasteiger partial charge on any atom is 0.139 e. The third-order valence-corrected chi connectivity index (χ3v) is 2.41. The highest BCUT2D eigenvalue weighted by Gasteiger charge is 2.07. The molecule has 2 heterocycles. The van der Waals surface area contributed by atoms with Gasteiger partial charge in [-0.3, -0.25) is 0 Å². The van der Waals surface area contributed by atoms with Crippen LogP contribution < -0.4 is 10.2 Å². The third-order valence-electron chi connectivity index (χ3n) is 2.41. The third kappa shape index (κ3) is 2.92. The molecule has 2 aromatic rings. The summed E-state index contributed by atoms with van der Waals surface area (Å²) in [6, 6.07) is 7.50. The zero-order valence-corrected chi connectivity index (χ0v) is 10.1. The quantitative estimate of drug-likeness (QED) is 0.820. The van der Waals surface area contributed by atoms with Gasteiger partial charge in [-0.15, -0.1) is 0 Å². The van der Waals surface area contributed by atoms with E-state index in [-0.39, 0.29) is 6.61 Å². The van der Waals surface area contributed by atoms with Crippen molar-refractivity contribution >= 4 is 17.5 Å². The van der Waals surface area contributed by atoms with Gasteiger partial charge in [-0.25, -0.2) is 15.0 Å². The van der Waals surface area contributed by atoms with Crippen molar-refractivity contribution in [1.82, 2.24) is 15.0 Å². The van der Waals surface area contributed by atoms with E-state index in [2.05, 4.69) is 20.3 Å². The minimum atomic E-state index is 0.0649. The fourth-order valence-electron chi connectivity index (χ4n) is 1.48. The molecule has 94 valence electrons. The van der Waals surface area contributed by atoms with E-state index in [0.717, 1.165) is 11.6 Å². The van der Waals surface area contributed by atoms with Gasteiger partial charge >= 0.3 is 0 Å². The van der Waals surface area contributed by atoms with E-state index in [1.807, 2.05) is 36.2 Å². The topological polar surface area (TPSA) is 74.2 Å². The van der Waals surface area contributed by atoms with E-state index in [4.69, 9.17) is 5.11 Å². The van der Waals surface area contributed by atoms with Crippen LogP contribution in [0, 0.1) is 0 Å². The molecule has 0 saturated carbocycles. The second-order valence-electron chi connectivity index (χ2n) is 3.66. The van der Waals surface area contributed by atoms with Gasteiger partial charge in [-0.05, 0) is 12.1 Å². The summed E-state index contributed by atoms with van der Waals surface area (Å²) in [6.07, 6.45) is 3.21. The standard InChI is InChI=1S/C12H15N5O/c1-17(11-4-2-3-5-14-11)12-8-10(13-6-7-18)15-9-16-12/h2-5,8-9,18H,6-7H2,1H3,(H,13,15,16). The van der Waals surface area contributed by atoms with E-state index >= 15 is 0 Å². The molecule has 0 saturated heterocycles. The van der Waals surface area contributed by atoms with Crippen molar-refractivity contribution in [3.05, 3.63) is 36.8 Å². The Hall–Kier alpha value is -2.21. The highest BCUT2D eigenvalue weighted by Crippen LogP contribution is 2.19. The molecule has 2 aromatic heterocycles. The predicted molar refractivity (Wildman–Crippen MR) is 69.9 cm³/mol. The van der Waals surface area contributed by atoms with Crippen molar-refractivity contribution in [2.45, 2.75) is 0 Å². The predicted octanol–water partition coefficient (Wildman–Crippen LogP) is 1.04. The first kappa shape index (κ1) is 12.3. The molecule has 0 radical (unpaired) electrons. The van der Waals surface area contributed by atoms with Crippen LogP contribution in [0.1, 0.15) is 0 Å². The number of pyridine rings is 1. The Morgan fingerprint density at radius 3 is 2.83 bits per heavy atom. The molecule has 0 amide bonds. The minimum absolute atomic E-state index is 0.0649. The van der Waals surface area contributed by atoms with E-state index in [1.54, 1.807) is 6.20 Å². The van der Waals surface area contributed by atoms with Gasteiger partial charge in [0.2, 0.25) is 0 Å². The second-order valence-corrected chi connectivity index (χ2v) is 3.66. The molecule has 0 aromatic carbocycles. The average Bonchev–Trinajstić information content (AvgIpc) is 2.45. The molecular formula is C12H15N5O. The van der Waals surface area contributed by atoms with Crippen LogP contribution in [0.2, 0.25) is 0 Å². The van der Waals surface area contributed by atoms with E-state index in [1.165, 1.54) is 6.33 Å². The van der Waals surface area contributed by atoms with Crippen LogP contribution in [0.4, 0.5) is 17.5 Å². The zero-order valence-electron chi connectivity index (χ0n) is 10.1. The molecule has 0 aliphatic carbocycles. The summed E-state index contributed by atoms with van der Waals surface area (Å²) >= 11 is 0. The van der Waals surface area contributed by atoms with Crippen molar-refractivity contribution in [2.75, 3.05) is 30.4 Å². The Bertz CT molecular complexity index is 491. The molecular weight excluding hydrogens is 230 g/mol. The van der Waals surface area contributed by atoms with Gasteiger partial charge in [0.15, 0.2) is 0 Å². The largest absolute Gasteiger partial charge is 0.395 e. The Labute approximate surface area is 105 Å². The number of nitrogens with one attached hydrogen (secondary N) is 1. The van der Waals surface area contributed by atoms with Crippen molar-refractivity contribution in [1.29, 1.82) is 0 Å². The number of hydrogen-bond acceptors (Lipinski definition) is 6. The Morgan fingerprint density at radius 1 is 1.22 bits per heavy atom.